The first-order valence-electron chi connectivity index (χ1n) is 4.99. The number of hydrogen-bond donors (Lipinski definition) is 0. The molecule has 2 rings (SSSR count). The lowest BCUT2D eigenvalue weighted by atomic mass is 10.1. The Morgan fingerprint density at radius 3 is 2.40 bits per heavy atom. The molecule has 1 aliphatic rings. The molecule has 0 bridgehead atoms. The van der Waals surface area contributed by atoms with Crippen molar-refractivity contribution in [1.29, 1.82) is 0 Å². The van der Waals surface area contributed by atoms with Gasteiger partial charge in [-0.25, -0.2) is 0 Å². The van der Waals surface area contributed by atoms with Gasteiger partial charge in [-0.2, -0.15) is 0 Å². The predicted molar refractivity (Wildman–Crippen MR) is 61.7 cm³/mol. The van der Waals surface area contributed by atoms with Crippen LogP contribution in [-0.2, 0) is 0 Å². The zero-order chi connectivity index (χ0) is 10.5. The minimum atomic E-state index is 0.0595. The zero-order valence-corrected chi connectivity index (χ0v) is 8.34. The highest BCUT2D eigenvalue weighted by atomic mass is 16.1. The standard InChI is InChI=1S/C14H12O/c15-14(13-8-2-1-3-9-13)11-10-12-6-4-5-7-12/h1-12H. The van der Waals surface area contributed by atoms with Crippen LogP contribution >= 0.6 is 0 Å². The summed E-state index contributed by atoms with van der Waals surface area (Å²) in [5.74, 6) is 0.335. The average Bonchev–Trinajstić information content (AvgIpc) is 2.80. The second-order valence-electron chi connectivity index (χ2n) is 3.44. The van der Waals surface area contributed by atoms with Crippen LogP contribution in [0.1, 0.15) is 10.4 Å². The first-order chi connectivity index (χ1) is 7.36. The number of hydrogen-bond acceptors (Lipinski definition) is 1. The molecular weight excluding hydrogens is 184 g/mol. The fraction of sp³-hybridized carbons (Fsp3) is 0.0714. The summed E-state index contributed by atoms with van der Waals surface area (Å²) in [5, 5.41) is 0. The van der Waals surface area contributed by atoms with E-state index in [0.29, 0.717) is 0 Å². The monoisotopic (exact) mass is 196 g/mol. The number of carbonyl (C=O) groups excluding carboxylic acids is 1. The fourth-order valence-electron chi connectivity index (χ4n) is 1.47. The maximum Gasteiger partial charge on any atom is 0.185 e. The Morgan fingerprint density at radius 2 is 1.73 bits per heavy atom. The average molecular weight is 196 g/mol. The Morgan fingerprint density at radius 1 is 1.07 bits per heavy atom. The minimum absolute atomic E-state index is 0.0595. The van der Waals surface area contributed by atoms with Gasteiger partial charge in [-0.3, -0.25) is 4.79 Å². The number of rotatable bonds is 3. The van der Waals surface area contributed by atoms with Crippen LogP contribution in [0, 0.1) is 5.92 Å². The molecule has 0 aliphatic heterocycles. The number of benzene rings is 1. The van der Waals surface area contributed by atoms with Gasteiger partial charge in [-0.1, -0.05) is 60.7 Å². The van der Waals surface area contributed by atoms with Gasteiger partial charge in [0.2, 0.25) is 0 Å². The molecule has 0 fully saturated rings. The van der Waals surface area contributed by atoms with Crippen LogP contribution in [-0.4, -0.2) is 5.78 Å². The van der Waals surface area contributed by atoms with Crippen LogP contribution in [0.4, 0.5) is 0 Å². The van der Waals surface area contributed by atoms with E-state index in [1.807, 2.05) is 48.6 Å². The summed E-state index contributed by atoms with van der Waals surface area (Å²) < 4.78 is 0. The summed E-state index contributed by atoms with van der Waals surface area (Å²) in [6, 6.07) is 9.30. The summed E-state index contributed by atoms with van der Waals surface area (Å²) in [4.78, 5) is 11.7. The van der Waals surface area contributed by atoms with Crippen LogP contribution in [0.3, 0.4) is 0 Å². The lowest BCUT2D eigenvalue weighted by Gasteiger charge is -1.96. The molecular formula is C14H12O. The zero-order valence-electron chi connectivity index (χ0n) is 8.34. The molecule has 0 amide bonds. The highest BCUT2D eigenvalue weighted by molar-refractivity contribution is 6.04. The molecule has 0 atom stereocenters. The first-order valence-corrected chi connectivity index (χ1v) is 4.99. The normalized spacial score (nSPS) is 15.2. The van der Waals surface area contributed by atoms with Crippen molar-refractivity contribution in [2.45, 2.75) is 0 Å². The van der Waals surface area contributed by atoms with Gasteiger partial charge in [-0.15, -0.1) is 0 Å². The van der Waals surface area contributed by atoms with Crippen molar-refractivity contribution in [2.75, 3.05) is 0 Å². The Hall–Kier alpha value is -1.89. The van der Waals surface area contributed by atoms with Crippen molar-refractivity contribution in [3.63, 3.8) is 0 Å². The quantitative estimate of drug-likeness (QED) is 0.536. The fourth-order valence-corrected chi connectivity index (χ4v) is 1.47. The lowest BCUT2D eigenvalue weighted by molar-refractivity contribution is 0.104. The van der Waals surface area contributed by atoms with Crippen molar-refractivity contribution in [2.24, 2.45) is 5.92 Å². The van der Waals surface area contributed by atoms with E-state index in [4.69, 9.17) is 0 Å². The van der Waals surface area contributed by atoms with E-state index in [2.05, 4.69) is 12.2 Å². The Bertz CT molecular complexity index is 412. The van der Waals surface area contributed by atoms with Crippen molar-refractivity contribution in [3.05, 3.63) is 72.4 Å². The van der Waals surface area contributed by atoms with Gasteiger partial charge in [0, 0.05) is 11.5 Å². The lowest BCUT2D eigenvalue weighted by Crippen LogP contribution is -1.94. The molecule has 0 saturated heterocycles. The molecule has 74 valence electrons. The van der Waals surface area contributed by atoms with Crippen LogP contribution in [0.2, 0.25) is 0 Å². The second kappa shape index (κ2) is 4.56. The van der Waals surface area contributed by atoms with Gasteiger partial charge in [0.25, 0.3) is 0 Å². The van der Waals surface area contributed by atoms with Gasteiger partial charge in [0.05, 0.1) is 0 Å². The molecule has 0 heterocycles. The second-order valence-corrected chi connectivity index (χ2v) is 3.44. The van der Waals surface area contributed by atoms with E-state index >= 15 is 0 Å². The number of ketones is 1. The number of carbonyl (C=O) groups is 1. The largest absolute Gasteiger partial charge is 0.289 e. The van der Waals surface area contributed by atoms with Gasteiger partial charge in [0.1, 0.15) is 0 Å². The smallest absolute Gasteiger partial charge is 0.185 e. The van der Waals surface area contributed by atoms with Crippen molar-refractivity contribution in [1.82, 2.24) is 0 Å². The van der Waals surface area contributed by atoms with Crippen molar-refractivity contribution in [3.8, 4) is 0 Å². The third kappa shape index (κ3) is 2.53. The molecule has 0 saturated carbocycles. The van der Waals surface area contributed by atoms with E-state index in [0.717, 1.165) is 5.56 Å². The summed E-state index contributed by atoms with van der Waals surface area (Å²) in [7, 11) is 0. The van der Waals surface area contributed by atoms with E-state index < -0.39 is 0 Å². The highest BCUT2D eigenvalue weighted by Gasteiger charge is 2.02. The minimum Gasteiger partial charge on any atom is -0.289 e. The molecule has 1 heteroatoms. The Balaban J connectivity index is 2.04. The summed E-state index contributed by atoms with van der Waals surface area (Å²) in [5.41, 5.74) is 0.736. The number of allylic oxidation sites excluding steroid dienone is 6. The Kier molecular flexibility index (Phi) is 2.93. The highest BCUT2D eigenvalue weighted by Crippen LogP contribution is 2.11. The Labute approximate surface area is 89.4 Å². The van der Waals surface area contributed by atoms with Gasteiger partial charge in [0.15, 0.2) is 5.78 Å². The van der Waals surface area contributed by atoms with Crippen molar-refractivity contribution < 1.29 is 4.79 Å². The molecule has 15 heavy (non-hydrogen) atoms. The SMILES string of the molecule is O=C(C=CC1C=CC=C1)c1ccccc1. The maximum atomic E-state index is 11.7. The molecule has 0 N–H and O–H groups in total. The predicted octanol–water partition coefficient (Wildman–Crippen LogP) is 3.17. The third-order valence-corrected chi connectivity index (χ3v) is 2.31. The molecule has 0 radical (unpaired) electrons. The van der Waals surface area contributed by atoms with E-state index in [9.17, 15) is 4.79 Å². The van der Waals surface area contributed by atoms with E-state index in [-0.39, 0.29) is 11.7 Å². The van der Waals surface area contributed by atoms with Crippen molar-refractivity contribution >= 4 is 5.78 Å². The third-order valence-electron chi connectivity index (χ3n) is 2.31. The molecule has 1 aromatic rings. The topological polar surface area (TPSA) is 17.1 Å². The molecule has 1 nitrogen and oxygen atoms in total. The van der Waals surface area contributed by atoms with Gasteiger partial charge < -0.3 is 0 Å². The van der Waals surface area contributed by atoms with E-state index in [1.54, 1.807) is 6.08 Å². The van der Waals surface area contributed by atoms with Gasteiger partial charge in [-0.05, 0) is 6.08 Å². The first kappa shape index (κ1) is 9.66. The summed E-state index contributed by atoms with van der Waals surface area (Å²) in [6.07, 6.45) is 11.6. The van der Waals surface area contributed by atoms with Crippen LogP contribution < -0.4 is 0 Å². The maximum absolute atomic E-state index is 11.7. The molecule has 0 spiro atoms. The molecule has 0 aromatic heterocycles. The summed E-state index contributed by atoms with van der Waals surface area (Å²) >= 11 is 0. The van der Waals surface area contributed by atoms with Gasteiger partial charge >= 0.3 is 0 Å². The van der Waals surface area contributed by atoms with Crippen LogP contribution in [0.15, 0.2) is 66.8 Å². The van der Waals surface area contributed by atoms with Crippen LogP contribution in [0.5, 0.6) is 0 Å². The molecule has 0 unspecified atom stereocenters. The molecule has 1 aromatic carbocycles. The van der Waals surface area contributed by atoms with Crippen LogP contribution in [0.25, 0.3) is 0 Å². The van der Waals surface area contributed by atoms with E-state index in [1.165, 1.54) is 0 Å². The summed E-state index contributed by atoms with van der Waals surface area (Å²) in [6.45, 7) is 0. The molecule has 1 aliphatic carbocycles.